The second-order valence-corrected chi connectivity index (χ2v) is 7.72. The molecular formula is C24H22Cl2N2O2. The van der Waals surface area contributed by atoms with Crippen molar-refractivity contribution in [3.8, 4) is 17.2 Å². The molecule has 0 spiro atoms. The molecule has 0 aliphatic rings. The predicted octanol–water partition coefficient (Wildman–Crippen LogP) is 6.61. The number of nitrogens with one attached hydrogen (secondary N) is 2. The van der Waals surface area contributed by atoms with Gasteiger partial charge in [-0.25, -0.2) is 0 Å². The van der Waals surface area contributed by atoms with Crippen molar-refractivity contribution in [2.75, 3.05) is 13.7 Å². The number of halogens is 2. The number of methoxy groups -OCH3 is 1. The molecule has 2 N–H and O–H groups in total. The van der Waals surface area contributed by atoms with Crippen LogP contribution in [0.5, 0.6) is 17.2 Å². The number of fused-ring (bicyclic) bond motifs is 1. The van der Waals surface area contributed by atoms with Gasteiger partial charge in [0.25, 0.3) is 0 Å². The van der Waals surface area contributed by atoms with Gasteiger partial charge in [-0.3, -0.25) is 0 Å². The van der Waals surface area contributed by atoms with E-state index in [4.69, 9.17) is 32.7 Å². The lowest BCUT2D eigenvalue weighted by Crippen LogP contribution is -2.16. The van der Waals surface area contributed by atoms with Gasteiger partial charge >= 0.3 is 0 Å². The Balaban J connectivity index is 1.37. The largest absolute Gasteiger partial charge is 0.494 e. The van der Waals surface area contributed by atoms with Crippen LogP contribution in [0.1, 0.15) is 11.1 Å². The molecule has 154 valence electrons. The first-order valence-electron chi connectivity index (χ1n) is 9.70. The first-order chi connectivity index (χ1) is 14.7. The van der Waals surface area contributed by atoms with Crippen molar-refractivity contribution in [1.29, 1.82) is 0 Å². The van der Waals surface area contributed by atoms with E-state index >= 15 is 0 Å². The second kappa shape index (κ2) is 9.43. The van der Waals surface area contributed by atoms with Gasteiger partial charge in [0, 0.05) is 23.6 Å². The van der Waals surface area contributed by atoms with E-state index < -0.39 is 0 Å². The van der Waals surface area contributed by atoms with E-state index in [1.165, 1.54) is 0 Å². The fraction of sp³-hybridized carbons (Fsp3) is 0.167. The summed E-state index contributed by atoms with van der Waals surface area (Å²) in [6.07, 6.45) is 2.80. The fourth-order valence-electron chi connectivity index (χ4n) is 3.45. The van der Waals surface area contributed by atoms with Gasteiger partial charge in [-0.15, -0.1) is 0 Å². The maximum absolute atomic E-state index is 6.52. The Morgan fingerprint density at radius 3 is 2.57 bits per heavy atom. The highest BCUT2D eigenvalue weighted by atomic mass is 35.5. The molecule has 4 aromatic rings. The molecule has 0 aliphatic heterocycles. The molecule has 0 fully saturated rings. The summed E-state index contributed by atoms with van der Waals surface area (Å²) in [6.45, 7) is 1.55. The molecule has 3 aromatic carbocycles. The quantitative estimate of drug-likeness (QED) is 0.303. The van der Waals surface area contributed by atoms with Gasteiger partial charge in [-0.2, -0.15) is 0 Å². The first-order valence-corrected chi connectivity index (χ1v) is 10.5. The number of benzene rings is 3. The number of hydrogen-bond acceptors (Lipinski definition) is 3. The molecular weight excluding hydrogens is 419 g/mol. The Morgan fingerprint density at radius 2 is 1.77 bits per heavy atom. The van der Waals surface area contributed by atoms with Crippen LogP contribution in [0.15, 0.2) is 66.9 Å². The summed E-state index contributed by atoms with van der Waals surface area (Å²) in [5.41, 5.74) is 3.19. The summed E-state index contributed by atoms with van der Waals surface area (Å²) in [5, 5.41) is 5.48. The third-order valence-electron chi connectivity index (χ3n) is 4.88. The van der Waals surface area contributed by atoms with Crippen molar-refractivity contribution in [3.63, 3.8) is 0 Å². The highest BCUT2D eigenvalue weighted by Crippen LogP contribution is 2.40. The summed E-state index contributed by atoms with van der Waals surface area (Å²) in [5.74, 6) is 2.16. The van der Waals surface area contributed by atoms with Gasteiger partial charge in [0.05, 0.1) is 17.2 Å². The molecule has 4 nitrogen and oxygen atoms in total. The Hall–Kier alpha value is -2.66. The minimum atomic E-state index is 0.499. The monoisotopic (exact) mass is 440 g/mol. The van der Waals surface area contributed by atoms with Crippen LogP contribution < -0.4 is 14.8 Å². The average molecular weight is 441 g/mol. The number of ether oxygens (including phenoxy) is 2. The fourth-order valence-corrected chi connectivity index (χ4v) is 4.18. The summed E-state index contributed by atoms with van der Waals surface area (Å²) in [7, 11) is 1.57. The lowest BCUT2D eigenvalue weighted by atomic mass is 10.1. The molecule has 1 heterocycles. The molecule has 6 heteroatoms. The number of H-pyrrole nitrogens is 1. The highest BCUT2D eigenvalue weighted by Gasteiger charge is 2.15. The van der Waals surface area contributed by atoms with Crippen molar-refractivity contribution in [3.05, 3.63) is 88.0 Å². The summed E-state index contributed by atoms with van der Waals surface area (Å²) in [4.78, 5) is 3.24. The summed E-state index contributed by atoms with van der Waals surface area (Å²) in [6, 6.07) is 19.7. The van der Waals surface area contributed by atoms with Gasteiger partial charge in [-0.1, -0.05) is 53.5 Å². The van der Waals surface area contributed by atoms with E-state index in [9.17, 15) is 0 Å². The van der Waals surface area contributed by atoms with Gasteiger partial charge in [0.15, 0.2) is 5.75 Å². The Morgan fingerprint density at radius 1 is 0.967 bits per heavy atom. The minimum Gasteiger partial charge on any atom is -0.494 e. The van der Waals surface area contributed by atoms with Gasteiger partial charge in [-0.05, 0) is 54.4 Å². The molecule has 0 aliphatic carbocycles. The maximum atomic E-state index is 6.52. The van der Waals surface area contributed by atoms with Crippen LogP contribution in [-0.2, 0) is 13.0 Å². The lowest BCUT2D eigenvalue weighted by molar-refractivity contribution is 0.416. The van der Waals surface area contributed by atoms with E-state index in [1.54, 1.807) is 7.11 Å². The van der Waals surface area contributed by atoms with Crippen molar-refractivity contribution in [1.82, 2.24) is 10.3 Å². The lowest BCUT2D eigenvalue weighted by Gasteiger charge is -2.10. The first kappa shape index (κ1) is 20.6. The summed E-state index contributed by atoms with van der Waals surface area (Å²) >= 11 is 12.7. The Kier molecular flexibility index (Phi) is 6.48. The minimum absolute atomic E-state index is 0.499. The van der Waals surface area contributed by atoms with Crippen molar-refractivity contribution in [2.45, 2.75) is 13.0 Å². The molecule has 0 radical (unpaired) electrons. The third kappa shape index (κ3) is 4.57. The van der Waals surface area contributed by atoms with Crippen LogP contribution in [0.3, 0.4) is 0 Å². The van der Waals surface area contributed by atoms with Gasteiger partial charge < -0.3 is 19.8 Å². The Labute approximate surface area is 185 Å². The summed E-state index contributed by atoms with van der Waals surface area (Å²) < 4.78 is 11.2. The predicted molar refractivity (Wildman–Crippen MR) is 123 cm³/mol. The zero-order valence-electron chi connectivity index (χ0n) is 16.5. The third-order valence-corrected chi connectivity index (χ3v) is 5.52. The average Bonchev–Trinajstić information content (AvgIpc) is 3.15. The zero-order chi connectivity index (χ0) is 20.9. The van der Waals surface area contributed by atoms with Crippen LogP contribution in [0, 0.1) is 0 Å². The van der Waals surface area contributed by atoms with Crippen LogP contribution >= 0.6 is 23.2 Å². The number of para-hydroxylation sites is 1. The smallest absolute Gasteiger partial charge is 0.156 e. The van der Waals surface area contributed by atoms with Crippen molar-refractivity contribution >= 4 is 34.1 Å². The van der Waals surface area contributed by atoms with Gasteiger partial charge in [0.2, 0.25) is 0 Å². The molecule has 0 unspecified atom stereocenters. The van der Waals surface area contributed by atoms with Crippen LogP contribution in [0.2, 0.25) is 10.0 Å². The highest BCUT2D eigenvalue weighted by molar-refractivity contribution is 6.41. The molecule has 0 bridgehead atoms. The second-order valence-electron chi connectivity index (χ2n) is 6.93. The van der Waals surface area contributed by atoms with E-state index in [1.807, 2.05) is 54.7 Å². The van der Waals surface area contributed by atoms with E-state index in [0.717, 1.165) is 53.0 Å². The van der Waals surface area contributed by atoms with Gasteiger partial charge in [0.1, 0.15) is 11.5 Å². The molecule has 30 heavy (non-hydrogen) atoms. The van der Waals surface area contributed by atoms with Crippen molar-refractivity contribution in [2.24, 2.45) is 0 Å². The van der Waals surface area contributed by atoms with Crippen molar-refractivity contribution < 1.29 is 9.47 Å². The Bertz CT molecular complexity index is 1140. The molecule has 0 saturated heterocycles. The normalized spacial score (nSPS) is 11.0. The van der Waals surface area contributed by atoms with Crippen LogP contribution in [0.4, 0.5) is 0 Å². The SMILES string of the molecule is COc1c(Cl)cc2[nH]cc(CCNCc3cccc(Oc4ccccc4)c3)c2c1Cl. The van der Waals surface area contributed by atoms with Crippen LogP contribution in [0.25, 0.3) is 10.9 Å². The number of aromatic amines is 1. The molecule has 0 atom stereocenters. The molecule has 4 rings (SSSR count). The number of rotatable bonds is 8. The molecule has 1 aromatic heterocycles. The number of hydrogen-bond donors (Lipinski definition) is 2. The standard InChI is InChI=1S/C24H22Cl2N2O2/c1-29-24-20(25)13-21-22(23(24)26)17(15-28-21)10-11-27-14-16-6-5-9-19(12-16)30-18-7-3-2-4-8-18/h2-9,12-13,15,27-28H,10-11,14H2,1H3. The van der Waals surface area contributed by atoms with E-state index in [0.29, 0.717) is 15.8 Å². The van der Waals surface area contributed by atoms with Crippen LogP contribution in [-0.4, -0.2) is 18.6 Å². The number of aromatic nitrogens is 1. The van der Waals surface area contributed by atoms with E-state index in [-0.39, 0.29) is 0 Å². The molecule has 0 amide bonds. The van der Waals surface area contributed by atoms with E-state index in [2.05, 4.69) is 22.4 Å². The zero-order valence-corrected chi connectivity index (χ0v) is 18.1. The molecule has 0 saturated carbocycles. The maximum Gasteiger partial charge on any atom is 0.156 e. The topological polar surface area (TPSA) is 46.3 Å².